The quantitative estimate of drug-likeness (QED) is 0.0956. The monoisotopic (exact) mass is 708 g/mol. The molecule has 276 valence electrons. The summed E-state index contributed by atoms with van der Waals surface area (Å²) in [5.41, 5.74) is 1.96. The highest BCUT2D eigenvalue weighted by Gasteiger charge is 2.41. The van der Waals surface area contributed by atoms with Crippen LogP contribution in [0.4, 0.5) is 0 Å². The molecule has 2 heterocycles. The van der Waals surface area contributed by atoms with E-state index in [-0.39, 0.29) is 30.4 Å². The number of carbonyl (C=O) groups excluding carboxylic acids is 2. The van der Waals surface area contributed by atoms with Gasteiger partial charge in [-0.05, 0) is 94.3 Å². The van der Waals surface area contributed by atoms with Crippen LogP contribution in [0.15, 0.2) is 97.5 Å². The number of benzene rings is 3. The van der Waals surface area contributed by atoms with Gasteiger partial charge in [-0.1, -0.05) is 84.9 Å². The summed E-state index contributed by atoms with van der Waals surface area (Å²) in [6.45, 7) is 7.73. The number of aromatic nitrogens is 2. The van der Waals surface area contributed by atoms with Gasteiger partial charge in [-0.3, -0.25) is 14.4 Å². The van der Waals surface area contributed by atoms with Crippen molar-refractivity contribution in [3.05, 3.63) is 125 Å². The van der Waals surface area contributed by atoms with Crippen molar-refractivity contribution in [2.75, 3.05) is 19.6 Å². The van der Waals surface area contributed by atoms with Gasteiger partial charge in [0.05, 0.1) is 29.8 Å². The number of nitrogens with one attached hydrogen (secondary N) is 2. The second-order valence-corrected chi connectivity index (χ2v) is 14.7. The Labute approximate surface area is 306 Å². The minimum Gasteiger partial charge on any atom is -0.481 e. The largest absolute Gasteiger partial charge is 0.481 e. The van der Waals surface area contributed by atoms with E-state index < -0.39 is 35.0 Å². The number of H-pyrrole nitrogens is 1. The molecule has 4 aromatic rings. The molecule has 1 aromatic heterocycles. The zero-order chi connectivity index (χ0) is 37.3. The minimum absolute atomic E-state index is 0.0926. The first-order valence-electron chi connectivity index (χ1n) is 18.3. The maximum Gasteiger partial charge on any atom is 0.307 e. The highest BCUT2D eigenvalue weighted by atomic mass is 16.4. The Morgan fingerprint density at radius 3 is 2.06 bits per heavy atom. The number of Topliss-reactive ketones (excluding diaryl/α,β-unsaturated/α-hetero) is 1. The van der Waals surface area contributed by atoms with Crippen LogP contribution in [-0.4, -0.2) is 73.5 Å². The number of nitrogens with zero attached hydrogens (tertiary/aromatic N) is 2. The van der Waals surface area contributed by atoms with E-state index in [1.54, 1.807) is 20.8 Å². The second kappa shape index (κ2) is 17.3. The molecule has 3 atom stereocenters. The summed E-state index contributed by atoms with van der Waals surface area (Å²) < 4.78 is 0. The molecule has 52 heavy (non-hydrogen) atoms. The lowest BCUT2D eigenvalue weighted by Crippen LogP contribution is -2.47. The fraction of sp³-hybridized carbons (Fsp3) is 0.429. The van der Waals surface area contributed by atoms with Gasteiger partial charge in [0.25, 0.3) is 0 Å². The molecule has 1 saturated heterocycles. The van der Waals surface area contributed by atoms with E-state index in [4.69, 9.17) is 0 Å². The number of aliphatic hydroxyl groups is 2. The molecule has 10 nitrogen and oxygen atoms in total. The molecule has 0 radical (unpaired) electrons. The molecule has 1 amide bonds. The first-order chi connectivity index (χ1) is 24.9. The number of ketones is 1. The topological polar surface area (TPSA) is 156 Å². The Bertz CT molecular complexity index is 1700. The third-order valence-electron chi connectivity index (χ3n) is 10.8. The van der Waals surface area contributed by atoms with Crippen LogP contribution >= 0.6 is 0 Å². The molecule has 1 aliphatic rings. The van der Waals surface area contributed by atoms with Gasteiger partial charge in [-0.2, -0.15) is 0 Å². The first kappa shape index (κ1) is 38.6. The van der Waals surface area contributed by atoms with Gasteiger partial charge in [0.2, 0.25) is 5.91 Å². The molecule has 3 aromatic carbocycles. The molecule has 3 unspecified atom stereocenters. The van der Waals surface area contributed by atoms with Crippen molar-refractivity contribution < 1.29 is 29.7 Å². The summed E-state index contributed by atoms with van der Waals surface area (Å²) in [5.74, 6) is -2.63. The smallest absolute Gasteiger partial charge is 0.307 e. The summed E-state index contributed by atoms with van der Waals surface area (Å²) in [7, 11) is 0. The average molecular weight is 709 g/mol. The van der Waals surface area contributed by atoms with Crippen molar-refractivity contribution in [1.82, 2.24) is 20.2 Å². The van der Waals surface area contributed by atoms with Gasteiger partial charge < -0.3 is 30.5 Å². The Hall–Kier alpha value is -4.64. The van der Waals surface area contributed by atoms with E-state index >= 15 is 0 Å². The average Bonchev–Trinajstić information content (AvgIpc) is 3.68. The maximum atomic E-state index is 13.3. The van der Waals surface area contributed by atoms with Crippen LogP contribution in [0.2, 0.25) is 0 Å². The van der Waals surface area contributed by atoms with Crippen molar-refractivity contribution in [3.8, 4) is 0 Å². The highest BCUT2D eigenvalue weighted by molar-refractivity contribution is 5.94. The lowest BCUT2D eigenvalue weighted by atomic mass is 9.72. The number of amides is 1. The number of rotatable bonds is 17. The number of carbonyl (C=O) groups is 3. The summed E-state index contributed by atoms with van der Waals surface area (Å²) >= 11 is 0. The van der Waals surface area contributed by atoms with E-state index in [2.05, 4.69) is 20.2 Å². The summed E-state index contributed by atoms with van der Waals surface area (Å²) in [6.07, 6.45) is 5.42. The highest BCUT2D eigenvalue weighted by Crippen LogP contribution is 2.42. The number of hydrogen-bond donors (Lipinski definition) is 5. The second-order valence-electron chi connectivity index (χ2n) is 14.7. The van der Waals surface area contributed by atoms with Crippen LogP contribution in [-0.2, 0) is 31.8 Å². The maximum absolute atomic E-state index is 13.3. The molecule has 1 aliphatic heterocycles. The Kier molecular flexibility index (Phi) is 12.8. The van der Waals surface area contributed by atoms with Crippen LogP contribution in [0.5, 0.6) is 0 Å². The van der Waals surface area contributed by atoms with Crippen LogP contribution in [0.25, 0.3) is 0 Å². The van der Waals surface area contributed by atoms with Crippen molar-refractivity contribution in [2.45, 2.75) is 82.5 Å². The van der Waals surface area contributed by atoms with Gasteiger partial charge in [-0.25, -0.2) is 4.98 Å². The third kappa shape index (κ3) is 9.23. The molecule has 10 heteroatoms. The van der Waals surface area contributed by atoms with Crippen LogP contribution in [0, 0.1) is 11.8 Å². The predicted octanol–water partition coefficient (Wildman–Crippen LogP) is 5.56. The van der Waals surface area contributed by atoms with E-state index in [1.807, 2.05) is 84.9 Å². The van der Waals surface area contributed by atoms with Gasteiger partial charge in [0.1, 0.15) is 5.60 Å². The molecular weight excluding hydrogens is 656 g/mol. The van der Waals surface area contributed by atoms with Gasteiger partial charge >= 0.3 is 5.97 Å². The number of aliphatic carboxylic acids is 1. The lowest BCUT2D eigenvalue weighted by Gasteiger charge is -2.42. The van der Waals surface area contributed by atoms with Gasteiger partial charge in [-0.15, -0.1) is 0 Å². The summed E-state index contributed by atoms with van der Waals surface area (Å²) in [5, 5.41) is 35.6. The standard InChI is InChI=1S/C42H52N4O6/c1-29(38(48)26-31(39(49)50)25-36-27-43-28-44-36)45-40(51)41(2,3)32-18-16-30(17-19-32)37(47)15-10-22-46-23-20-35(21-24-46)42(52,33-11-6-4-7-12-33)34-13-8-5-9-14-34/h4-9,11-14,16-19,27-29,31,35,37,47,52H,10,15,20-26H2,1-3H3,(H,43,44)(H,45,51)(H,49,50). The van der Waals surface area contributed by atoms with Crippen LogP contribution in [0.1, 0.15) is 86.9 Å². The van der Waals surface area contributed by atoms with Crippen molar-refractivity contribution >= 4 is 17.7 Å². The van der Waals surface area contributed by atoms with Crippen LogP contribution < -0.4 is 5.32 Å². The number of carboxylic acid groups (broad SMARTS) is 1. The zero-order valence-electron chi connectivity index (χ0n) is 30.4. The molecule has 0 spiro atoms. The van der Waals surface area contributed by atoms with Crippen molar-refractivity contribution in [1.29, 1.82) is 0 Å². The molecule has 5 rings (SSSR count). The number of aliphatic hydroxyl groups excluding tert-OH is 1. The number of likely N-dealkylation sites (tertiary alicyclic amines) is 1. The van der Waals surface area contributed by atoms with Crippen molar-refractivity contribution in [3.63, 3.8) is 0 Å². The van der Waals surface area contributed by atoms with E-state index in [0.29, 0.717) is 12.1 Å². The normalized spacial score (nSPS) is 16.2. The van der Waals surface area contributed by atoms with Gasteiger partial charge in [0, 0.05) is 24.7 Å². The molecule has 0 aliphatic carbocycles. The van der Waals surface area contributed by atoms with Crippen LogP contribution in [0.3, 0.4) is 0 Å². The van der Waals surface area contributed by atoms with Gasteiger partial charge in [0.15, 0.2) is 5.78 Å². The number of imidazole rings is 1. The predicted molar refractivity (Wildman–Crippen MR) is 199 cm³/mol. The van der Waals surface area contributed by atoms with E-state index in [0.717, 1.165) is 61.2 Å². The summed E-state index contributed by atoms with van der Waals surface area (Å²) in [6, 6.07) is 26.4. The zero-order valence-corrected chi connectivity index (χ0v) is 30.4. The molecule has 0 saturated carbocycles. The molecule has 0 bridgehead atoms. The Morgan fingerprint density at radius 2 is 1.52 bits per heavy atom. The third-order valence-corrected chi connectivity index (χ3v) is 10.8. The number of hydrogen-bond acceptors (Lipinski definition) is 7. The van der Waals surface area contributed by atoms with Crippen molar-refractivity contribution in [2.24, 2.45) is 11.8 Å². The fourth-order valence-corrected chi connectivity index (χ4v) is 7.31. The first-order valence-corrected chi connectivity index (χ1v) is 18.3. The molecular formula is C42H52N4O6. The SMILES string of the molecule is CC(NC(=O)C(C)(C)c1ccc(C(O)CCCN2CCC(C(O)(c3ccccc3)c3ccccc3)CC2)cc1)C(=O)CC(Cc1cnc[nH]1)C(=O)O. The number of aromatic amines is 1. The summed E-state index contributed by atoms with van der Waals surface area (Å²) in [4.78, 5) is 47.2. The van der Waals surface area contributed by atoms with E-state index in [9.17, 15) is 29.7 Å². The molecule has 5 N–H and O–H groups in total. The fourth-order valence-electron chi connectivity index (χ4n) is 7.31. The number of carboxylic acids is 1. The Morgan fingerprint density at radius 1 is 0.923 bits per heavy atom. The minimum atomic E-state index is -1.08. The van der Waals surface area contributed by atoms with E-state index in [1.165, 1.54) is 12.5 Å². The Balaban J connectivity index is 1.09. The number of piperidine rings is 1. The molecule has 1 fully saturated rings. The lowest BCUT2D eigenvalue weighted by molar-refractivity contribution is -0.144.